The van der Waals surface area contributed by atoms with Crippen LogP contribution in [0.5, 0.6) is 0 Å². The first-order valence-corrected chi connectivity index (χ1v) is 6.31. The maximum atomic E-state index is 4.32. The van der Waals surface area contributed by atoms with E-state index in [-0.39, 0.29) is 5.54 Å². The number of hydrogen-bond acceptors (Lipinski definition) is 2. The Balaban J connectivity index is 2.18. The second-order valence-corrected chi connectivity index (χ2v) is 5.53. The van der Waals surface area contributed by atoms with Crippen LogP contribution in [0, 0.1) is 0 Å². The average molecular weight is 240 g/mol. The summed E-state index contributed by atoms with van der Waals surface area (Å²) in [4.78, 5) is 0. The van der Waals surface area contributed by atoms with Crippen molar-refractivity contribution in [1.82, 2.24) is 5.43 Å². The summed E-state index contributed by atoms with van der Waals surface area (Å²) >= 11 is 0. The van der Waals surface area contributed by atoms with Crippen LogP contribution in [0.25, 0.3) is 5.57 Å². The highest BCUT2D eigenvalue weighted by molar-refractivity contribution is 5.89. The van der Waals surface area contributed by atoms with Gasteiger partial charge in [-0.2, -0.15) is 5.10 Å². The van der Waals surface area contributed by atoms with Gasteiger partial charge in [0.1, 0.15) is 0 Å². The molecule has 0 radical (unpaired) electrons. The molecule has 1 aromatic rings. The molecule has 0 unspecified atom stereocenters. The molecule has 1 aliphatic rings. The van der Waals surface area contributed by atoms with Gasteiger partial charge >= 0.3 is 0 Å². The van der Waals surface area contributed by atoms with Gasteiger partial charge in [0.05, 0.1) is 6.21 Å². The summed E-state index contributed by atoms with van der Waals surface area (Å²) in [5, 5.41) is 4.32. The number of benzene rings is 1. The topological polar surface area (TPSA) is 24.4 Å². The SMILES string of the molecule is CC(C)(C)N/N=C/c1ccccc1C1=CC=CC1. The lowest BCUT2D eigenvalue weighted by Crippen LogP contribution is -2.31. The van der Waals surface area contributed by atoms with Gasteiger partial charge in [0, 0.05) is 11.1 Å². The van der Waals surface area contributed by atoms with Gasteiger partial charge in [0.15, 0.2) is 0 Å². The van der Waals surface area contributed by atoms with Crippen molar-refractivity contribution < 1.29 is 0 Å². The van der Waals surface area contributed by atoms with Crippen molar-refractivity contribution in [2.75, 3.05) is 0 Å². The smallest absolute Gasteiger partial charge is 0.0546 e. The fourth-order valence-corrected chi connectivity index (χ4v) is 1.84. The Morgan fingerprint density at radius 1 is 1.22 bits per heavy atom. The predicted molar refractivity (Wildman–Crippen MR) is 78.7 cm³/mol. The van der Waals surface area contributed by atoms with Crippen LogP contribution in [0.1, 0.15) is 38.3 Å². The Morgan fingerprint density at radius 2 is 2.00 bits per heavy atom. The van der Waals surface area contributed by atoms with E-state index in [0.717, 1.165) is 12.0 Å². The molecule has 0 saturated heterocycles. The number of nitrogens with zero attached hydrogens (tertiary/aromatic N) is 1. The van der Waals surface area contributed by atoms with Gasteiger partial charge in [-0.1, -0.05) is 42.5 Å². The van der Waals surface area contributed by atoms with Crippen LogP contribution < -0.4 is 5.43 Å². The van der Waals surface area contributed by atoms with E-state index in [1.54, 1.807) is 0 Å². The highest BCUT2D eigenvalue weighted by atomic mass is 15.3. The van der Waals surface area contributed by atoms with Gasteiger partial charge < -0.3 is 5.43 Å². The van der Waals surface area contributed by atoms with Gasteiger partial charge in [-0.05, 0) is 38.3 Å². The first-order chi connectivity index (χ1) is 8.56. The fourth-order valence-electron chi connectivity index (χ4n) is 1.84. The molecule has 0 saturated carbocycles. The van der Waals surface area contributed by atoms with E-state index in [2.05, 4.69) is 67.7 Å². The zero-order chi connectivity index (χ0) is 13.0. The van der Waals surface area contributed by atoms with Gasteiger partial charge in [0.2, 0.25) is 0 Å². The fraction of sp³-hybridized carbons (Fsp3) is 0.312. The van der Waals surface area contributed by atoms with Crippen LogP contribution in [0.2, 0.25) is 0 Å². The average Bonchev–Trinajstić information content (AvgIpc) is 2.81. The molecular weight excluding hydrogens is 220 g/mol. The zero-order valence-electron chi connectivity index (χ0n) is 11.3. The van der Waals surface area contributed by atoms with E-state index in [1.807, 2.05) is 12.3 Å². The first kappa shape index (κ1) is 12.6. The molecule has 0 bridgehead atoms. The summed E-state index contributed by atoms with van der Waals surface area (Å²) in [6.07, 6.45) is 9.37. The van der Waals surface area contributed by atoms with Crippen LogP contribution in [0.4, 0.5) is 0 Å². The highest BCUT2D eigenvalue weighted by Crippen LogP contribution is 2.25. The molecule has 94 valence electrons. The van der Waals surface area contributed by atoms with E-state index in [9.17, 15) is 0 Å². The summed E-state index contributed by atoms with van der Waals surface area (Å²) in [6.45, 7) is 6.29. The number of hydrazone groups is 1. The zero-order valence-corrected chi connectivity index (χ0v) is 11.3. The standard InChI is InChI=1S/C16H20N2/c1-16(2,3)18-17-12-14-10-6-7-11-15(14)13-8-4-5-9-13/h4-8,10-12,18H,9H2,1-3H3/b17-12+. The minimum absolute atomic E-state index is 0.000371. The third-order valence-corrected chi connectivity index (χ3v) is 2.68. The molecule has 1 aliphatic carbocycles. The molecule has 2 heteroatoms. The summed E-state index contributed by atoms with van der Waals surface area (Å²) in [7, 11) is 0. The monoisotopic (exact) mass is 240 g/mol. The lowest BCUT2D eigenvalue weighted by atomic mass is 10.00. The van der Waals surface area contributed by atoms with Gasteiger partial charge in [0.25, 0.3) is 0 Å². The quantitative estimate of drug-likeness (QED) is 0.631. The van der Waals surface area contributed by atoms with E-state index in [4.69, 9.17) is 0 Å². The lowest BCUT2D eigenvalue weighted by Gasteiger charge is -2.17. The van der Waals surface area contributed by atoms with E-state index < -0.39 is 0 Å². The summed E-state index contributed by atoms with van der Waals surface area (Å²) in [6, 6.07) is 8.37. The minimum atomic E-state index is -0.000371. The second-order valence-electron chi connectivity index (χ2n) is 5.53. The normalized spacial score (nSPS) is 15.2. The Kier molecular flexibility index (Phi) is 3.66. The minimum Gasteiger partial charge on any atom is -0.305 e. The molecule has 18 heavy (non-hydrogen) atoms. The Bertz CT molecular complexity index is 502. The third kappa shape index (κ3) is 3.33. The van der Waals surface area contributed by atoms with Gasteiger partial charge in [-0.3, -0.25) is 0 Å². The molecule has 1 aromatic carbocycles. The molecule has 0 spiro atoms. The van der Waals surface area contributed by atoms with Crippen LogP contribution >= 0.6 is 0 Å². The molecule has 0 amide bonds. The van der Waals surface area contributed by atoms with Crippen molar-refractivity contribution in [2.45, 2.75) is 32.7 Å². The predicted octanol–water partition coefficient (Wildman–Crippen LogP) is 3.75. The van der Waals surface area contributed by atoms with Gasteiger partial charge in [-0.15, -0.1) is 0 Å². The molecule has 0 aromatic heterocycles. The molecule has 0 aliphatic heterocycles. The van der Waals surface area contributed by atoms with Crippen LogP contribution in [-0.4, -0.2) is 11.8 Å². The van der Waals surface area contributed by atoms with Crippen molar-refractivity contribution >= 4 is 11.8 Å². The molecule has 1 N–H and O–H groups in total. The molecule has 2 rings (SSSR count). The summed E-state index contributed by atoms with van der Waals surface area (Å²) < 4.78 is 0. The molecule has 0 fully saturated rings. The van der Waals surface area contributed by atoms with Crippen molar-refractivity contribution in [1.29, 1.82) is 0 Å². The summed E-state index contributed by atoms with van der Waals surface area (Å²) in [5.41, 5.74) is 6.90. The first-order valence-electron chi connectivity index (χ1n) is 6.31. The van der Waals surface area contributed by atoms with E-state index in [1.165, 1.54) is 11.1 Å². The Labute approximate surface area is 109 Å². The maximum absolute atomic E-state index is 4.32. The largest absolute Gasteiger partial charge is 0.305 e. The molecule has 0 heterocycles. The molecule has 0 atom stereocenters. The number of allylic oxidation sites excluding steroid dienone is 4. The highest BCUT2D eigenvalue weighted by Gasteiger charge is 2.08. The number of hydrogen-bond donors (Lipinski definition) is 1. The maximum Gasteiger partial charge on any atom is 0.0546 e. The molecular formula is C16H20N2. The Hall–Kier alpha value is -1.83. The molecule has 2 nitrogen and oxygen atoms in total. The van der Waals surface area contributed by atoms with Gasteiger partial charge in [-0.25, -0.2) is 0 Å². The number of rotatable bonds is 3. The summed E-state index contributed by atoms with van der Waals surface area (Å²) in [5.74, 6) is 0. The van der Waals surface area contributed by atoms with Crippen molar-refractivity contribution in [3.05, 3.63) is 53.6 Å². The lowest BCUT2D eigenvalue weighted by molar-refractivity contribution is 0.442. The van der Waals surface area contributed by atoms with Crippen LogP contribution in [0.3, 0.4) is 0 Å². The van der Waals surface area contributed by atoms with Crippen molar-refractivity contribution in [3.8, 4) is 0 Å². The van der Waals surface area contributed by atoms with Crippen LogP contribution in [-0.2, 0) is 0 Å². The third-order valence-electron chi connectivity index (χ3n) is 2.68. The van der Waals surface area contributed by atoms with E-state index >= 15 is 0 Å². The Morgan fingerprint density at radius 3 is 2.67 bits per heavy atom. The number of nitrogens with one attached hydrogen (secondary N) is 1. The van der Waals surface area contributed by atoms with Crippen LogP contribution in [0.15, 0.2) is 47.6 Å². The van der Waals surface area contributed by atoms with E-state index in [0.29, 0.717) is 0 Å². The van der Waals surface area contributed by atoms with Crippen molar-refractivity contribution in [3.63, 3.8) is 0 Å². The van der Waals surface area contributed by atoms with Crippen molar-refractivity contribution in [2.24, 2.45) is 5.10 Å². The second kappa shape index (κ2) is 5.21.